The smallest absolute Gasteiger partial charge is 0.151 e. The van der Waals surface area contributed by atoms with E-state index in [2.05, 4.69) is 29.1 Å². The Morgan fingerprint density at radius 1 is 1.29 bits per heavy atom. The molecule has 2 unspecified atom stereocenters. The topological polar surface area (TPSA) is 55.3 Å². The maximum atomic E-state index is 5.82. The van der Waals surface area contributed by atoms with Gasteiger partial charge in [-0.2, -0.15) is 0 Å². The van der Waals surface area contributed by atoms with Crippen LogP contribution in [0.25, 0.3) is 11.3 Å². The van der Waals surface area contributed by atoms with Gasteiger partial charge in [-0.05, 0) is 32.2 Å². The Morgan fingerprint density at radius 3 is 2.86 bits per heavy atom. The number of benzene rings is 1. The van der Waals surface area contributed by atoms with E-state index < -0.39 is 0 Å². The van der Waals surface area contributed by atoms with E-state index in [1.807, 2.05) is 24.3 Å². The molecule has 2 atom stereocenters. The lowest BCUT2D eigenvalue weighted by Gasteiger charge is -2.36. The Morgan fingerprint density at radius 2 is 2.10 bits per heavy atom. The fourth-order valence-corrected chi connectivity index (χ4v) is 3.01. The van der Waals surface area contributed by atoms with E-state index in [0.717, 1.165) is 36.7 Å². The van der Waals surface area contributed by atoms with Crippen LogP contribution in [0.3, 0.4) is 0 Å². The highest BCUT2D eigenvalue weighted by Crippen LogP contribution is 2.25. The summed E-state index contributed by atoms with van der Waals surface area (Å²) in [4.78, 5) is 2.45. The molecule has 1 fully saturated rings. The van der Waals surface area contributed by atoms with Crippen LogP contribution < -0.4 is 5.73 Å². The molecule has 0 amide bonds. The molecule has 21 heavy (non-hydrogen) atoms. The molecule has 0 radical (unpaired) electrons. The van der Waals surface area contributed by atoms with Crippen molar-refractivity contribution in [2.45, 2.75) is 32.4 Å². The minimum Gasteiger partial charge on any atom is -0.359 e. The molecule has 3 rings (SSSR count). The maximum Gasteiger partial charge on any atom is 0.151 e. The van der Waals surface area contributed by atoms with Gasteiger partial charge in [-0.1, -0.05) is 35.5 Å². The number of hydrogen-bond acceptors (Lipinski definition) is 4. The Labute approximate surface area is 125 Å². The summed E-state index contributed by atoms with van der Waals surface area (Å²) in [6.07, 6.45) is 2.45. The van der Waals surface area contributed by atoms with Gasteiger partial charge < -0.3 is 10.3 Å². The first kappa shape index (κ1) is 14.3. The van der Waals surface area contributed by atoms with Crippen molar-refractivity contribution in [2.24, 2.45) is 11.7 Å². The van der Waals surface area contributed by atoms with Crippen LogP contribution in [0.5, 0.6) is 0 Å². The summed E-state index contributed by atoms with van der Waals surface area (Å²) in [6.45, 7) is 4.92. The molecule has 1 aromatic carbocycles. The standard InChI is InChI=1S/C17H23N3O/c1-13-7-8-14(10-18)11-20(13)12-16-9-17(19-21-16)15-5-3-2-4-6-15/h2-6,9,13-14H,7-8,10-12,18H2,1H3. The number of rotatable bonds is 4. The zero-order valence-electron chi connectivity index (χ0n) is 12.5. The van der Waals surface area contributed by atoms with Gasteiger partial charge >= 0.3 is 0 Å². The normalized spacial score (nSPS) is 23.3. The van der Waals surface area contributed by atoms with Crippen molar-refractivity contribution in [1.29, 1.82) is 0 Å². The van der Waals surface area contributed by atoms with Gasteiger partial charge in [0.25, 0.3) is 0 Å². The molecule has 2 heterocycles. The van der Waals surface area contributed by atoms with E-state index in [0.29, 0.717) is 12.0 Å². The molecule has 1 saturated heterocycles. The van der Waals surface area contributed by atoms with Crippen LogP contribution in [0.2, 0.25) is 0 Å². The second-order valence-electron chi connectivity index (χ2n) is 6.00. The first-order valence-corrected chi connectivity index (χ1v) is 7.71. The largest absolute Gasteiger partial charge is 0.359 e. The van der Waals surface area contributed by atoms with Gasteiger partial charge in [0.2, 0.25) is 0 Å². The average molecular weight is 285 g/mol. The molecule has 0 aliphatic carbocycles. The quantitative estimate of drug-likeness (QED) is 0.938. The number of likely N-dealkylation sites (tertiary alicyclic amines) is 1. The summed E-state index contributed by atoms with van der Waals surface area (Å²) >= 11 is 0. The SMILES string of the molecule is CC1CCC(CN)CN1Cc1cc(-c2ccccc2)no1. The maximum absolute atomic E-state index is 5.82. The van der Waals surface area contributed by atoms with E-state index in [4.69, 9.17) is 10.3 Å². The third kappa shape index (κ3) is 3.34. The van der Waals surface area contributed by atoms with Gasteiger partial charge in [-0.3, -0.25) is 4.90 Å². The Kier molecular flexibility index (Phi) is 4.36. The van der Waals surface area contributed by atoms with Crippen molar-refractivity contribution in [2.75, 3.05) is 13.1 Å². The second kappa shape index (κ2) is 6.41. The van der Waals surface area contributed by atoms with Gasteiger partial charge in [0.15, 0.2) is 5.76 Å². The van der Waals surface area contributed by atoms with Crippen LogP contribution in [0.1, 0.15) is 25.5 Å². The first-order chi connectivity index (χ1) is 10.3. The fraction of sp³-hybridized carbons (Fsp3) is 0.471. The van der Waals surface area contributed by atoms with Gasteiger partial charge in [-0.15, -0.1) is 0 Å². The van der Waals surface area contributed by atoms with E-state index >= 15 is 0 Å². The third-order valence-corrected chi connectivity index (χ3v) is 4.43. The van der Waals surface area contributed by atoms with E-state index in [1.165, 1.54) is 12.8 Å². The monoisotopic (exact) mass is 285 g/mol. The summed E-state index contributed by atoms with van der Waals surface area (Å²) in [5.41, 5.74) is 7.83. The predicted molar refractivity (Wildman–Crippen MR) is 83.6 cm³/mol. The van der Waals surface area contributed by atoms with Gasteiger partial charge in [0.1, 0.15) is 5.69 Å². The number of nitrogens with two attached hydrogens (primary N) is 1. The molecule has 1 aliphatic rings. The fourth-order valence-electron chi connectivity index (χ4n) is 3.01. The van der Waals surface area contributed by atoms with Crippen molar-refractivity contribution < 1.29 is 4.52 Å². The molecule has 0 spiro atoms. The Bertz CT molecular complexity index is 566. The molecule has 2 N–H and O–H groups in total. The highest BCUT2D eigenvalue weighted by atomic mass is 16.5. The van der Waals surface area contributed by atoms with Gasteiger partial charge in [0, 0.05) is 24.2 Å². The molecule has 1 aromatic heterocycles. The highest BCUT2D eigenvalue weighted by Gasteiger charge is 2.25. The van der Waals surface area contributed by atoms with Crippen molar-refractivity contribution in [3.63, 3.8) is 0 Å². The molecule has 1 aliphatic heterocycles. The Hall–Kier alpha value is -1.65. The number of piperidine rings is 1. The lowest BCUT2D eigenvalue weighted by atomic mass is 9.93. The molecule has 112 valence electrons. The minimum atomic E-state index is 0.582. The van der Waals surface area contributed by atoms with E-state index in [9.17, 15) is 0 Å². The van der Waals surface area contributed by atoms with Gasteiger partial charge in [-0.25, -0.2) is 0 Å². The van der Waals surface area contributed by atoms with Crippen molar-refractivity contribution in [1.82, 2.24) is 10.1 Å². The molecule has 0 saturated carbocycles. The van der Waals surface area contributed by atoms with Crippen LogP contribution in [-0.4, -0.2) is 29.2 Å². The zero-order chi connectivity index (χ0) is 14.7. The summed E-state index contributed by atoms with van der Waals surface area (Å²) < 4.78 is 5.52. The molecule has 0 bridgehead atoms. The van der Waals surface area contributed by atoms with Crippen molar-refractivity contribution in [3.05, 3.63) is 42.2 Å². The predicted octanol–water partition coefficient (Wildman–Crippen LogP) is 2.90. The number of hydrogen-bond donors (Lipinski definition) is 1. The molecule has 4 heteroatoms. The summed E-state index contributed by atoms with van der Waals surface area (Å²) in [5.74, 6) is 1.54. The summed E-state index contributed by atoms with van der Waals surface area (Å²) in [6, 6.07) is 12.8. The molecule has 4 nitrogen and oxygen atoms in total. The Balaban J connectivity index is 1.69. The minimum absolute atomic E-state index is 0.582. The zero-order valence-corrected chi connectivity index (χ0v) is 12.5. The van der Waals surface area contributed by atoms with E-state index in [-0.39, 0.29) is 0 Å². The van der Waals surface area contributed by atoms with Crippen LogP contribution in [-0.2, 0) is 6.54 Å². The number of aromatic nitrogens is 1. The first-order valence-electron chi connectivity index (χ1n) is 7.71. The van der Waals surface area contributed by atoms with Crippen LogP contribution in [0, 0.1) is 5.92 Å². The van der Waals surface area contributed by atoms with Crippen LogP contribution in [0.15, 0.2) is 40.9 Å². The molecular formula is C17H23N3O. The lowest BCUT2D eigenvalue weighted by Crippen LogP contribution is -2.43. The summed E-state index contributed by atoms with van der Waals surface area (Å²) in [5, 5.41) is 4.19. The van der Waals surface area contributed by atoms with Gasteiger partial charge in [0.05, 0.1) is 6.54 Å². The van der Waals surface area contributed by atoms with E-state index in [1.54, 1.807) is 0 Å². The average Bonchev–Trinajstić information content (AvgIpc) is 2.99. The number of nitrogens with zero attached hydrogens (tertiary/aromatic N) is 2. The van der Waals surface area contributed by atoms with Crippen molar-refractivity contribution >= 4 is 0 Å². The van der Waals surface area contributed by atoms with Crippen LogP contribution >= 0.6 is 0 Å². The van der Waals surface area contributed by atoms with Crippen molar-refractivity contribution in [3.8, 4) is 11.3 Å². The van der Waals surface area contributed by atoms with Crippen LogP contribution in [0.4, 0.5) is 0 Å². The summed E-state index contributed by atoms with van der Waals surface area (Å²) in [7, 11) is 0. The third-order valence-electron chi connectivity index (χ3n) is 4.43. The second-order valence-corrected chi connectivity index (χ2v) is 6.00. The lowest BCUT2D eigenvalue weighted by molar-refractivity contribution is 0.102. The molecule has 2 aromatic rings. The highest BCUT2D eigenvalue weighted by molar-refractivity contribution is 5.58. The molecular weight excluding hydrogens is 262 g/mol.